The second-order valence-electron chi connectivity index (χ2n) is 6.25. The minimum Gasteiger partial charge on any atom is -0.453 e. The third-order valence-corrected chi connectivity index (χ3v) is 4.93. The number of nitrogens with zero attached hydrogens (tertiary/aromatic N) is 1. The predicted octanol–water partition coefficient (Wildman–Crippen LogP) is 6.11. The standard InChI is InChI=1S/C22H13BrN2O3/c23-14-10-11-17(24-12-14)25-19-18-21(28-20(19)13-6-2-1-3-7-13)15-8-4-5-9-16(15)27-22(18)26/h1-12H,(H,24,25). The van der Waals surface area contributed by atoms with E-state index in [1.165, 1.54) is 0 Å². The van der Waals surface area contributed by atoms with E-state index in [0.717, 1.165) is 15.4 Å². The number of hydrogen-bond acceptors (Lipinski definition) is 5. The zero-order valence-electron chi connectivity index (χ0n) is 14.5. The lowest BCUT2D eigenvalue weighted by atomic mass is 10.1. The van der Waals surface area contributed by atoms with Crippen LogP contribution in [0.15, 0.2) is 91.0 Å². The summed E-state index contributed by atoms with van der Waals surface area (Å²) in [7, 11) is 0. The van der Waals surface area contributed by atoms with E-state index in [4.69, 9.17) is 8.83 Å². The summed E-state index contributed by atoms with van der Waals surface area (Å²) >= 11 is 3.38. The Balaban J connectivity index is 1.83. The van der Waals surface area contributed by atoms with E-state index in [2.05, 4.69) is 26.2 Å². The molecule has 0 saturated carbocycles. The topological polar surface area (TPSA) is 68.3 Å². The summed E-state index contributed by atoms with van der Waals surface area (Å²) in [5.74, 6) is 1.15. The van der Waals surface area contributed by atoms with Gasteiger partial charge in [-0.2, -0.15) is 0 Å². The molecule has 0 bridgehead atoms. The van der Waals surface area contributed by atoms with Gasteiger partial charge in [-0.1, -0.05) is 42.5 Å². The minimum atomic E-state index is -0.459. The van der Waals surface area contributed by atoms with E-state index < -0.39 is 5.63 Å². The van der Waals surface area contributed by atoms with Crippen LogP contribution in [-0.4, -0.2) is 4.98 Å². The monoisotopic (exact) mass is 432 g/mol. The maximum Gasteiger partial charge on any atom is 0.349 e. The molecule has 0 amide bonds. The van der Waals surface area contributed by atoms with Crippen LogP contribution in [0.25, 0.3) is 33.3 Å². The highest BCUT2D eigenvalue weighted by Crippen LogP contribution is 2.40. The molecular formula is C22H13BrN2O3. The Morgan fingerprint density at radius 3 is 2.46 bits per heavy atom. The van der Waals surface area contributed by atoms with E-state index >= 15 is 0 Å². The Morgan fingerprint density at radius 1 is 0.893 bits per heavy atom. The Kier molecular flexibility index (Phi) is 3.98. The molecular weight excluding hydrogens is 420 g/mol. The summed E-state index contributed by atoms with van der Waals surface area (Å²) < 4.78 is 12.6. The van der Waals surface area contributed by atoms with E-state index in [0.29, 0.717) is 33.8 Å². The molecule has 0 radical (unpaired) electrons. The van der Waals surface area contributed by atoms with E-state index in [9.17, 15) is 4.79 Å². The second-order valence-corrected chi connectivity index (χ2v) is 7.16. The number of benzene rings is 2. The van der Waals surface area contributed by atoms with E-state index in [1.54, 1.807) is 12.3 Å². The fraction of sp³-hybridized carbons (Fsp3) is 0. The van der Waals surface area contributed by atoms with Crippen LogP contribution in [0.2, 0.25) is 0 Å². The lowest BCUT2D eigenvalue weighted by Gasteiger charge is -2.06. The number of pyridine rings is 1. The first-order valence-corrected chi connectivity index (χ1v) is 9.42. The summed E-state index contributed by atoms with van der Waals surface area (Å²) in [6.07, 6.45) is 1.69. The summed E-state index contributed by atoms with van der Waals surface area (Å²) in [6, 6.07) is 20.7. The molecule has 0 atom stereocenters. The van der Waals surface area contributed by atoms with Crippen molar-refractivity contribution in [3.63, 3.8) is 0 Å². The van der Waals surface area contributed by atoms with E-state index in [-0.39, 0.29) is 0 Å². The van der Waals surface area contributed by atoms with Gasteiger partial charge in [-0.25, -0.2) is 9.78 Å². The first-order valence-electron chi connectivity index (χ1n) is 8.63. The van der Waals surface area contributed by atoms with Gasteiger partial charge in [-0.15, -0.1) is 0 Å². The Labute approximate surface area is 167 Å². The van der Waals surface area contributed by atoms with Gasteiger partial charge >= 0.3 is 5.63 Å². The number of para-hydroxylation sites is 1. The average molecular weight is 433 g/mol. The molecule has 0 aliphatic rings. The van der Waals surface area contributed by atoms with Gasteiger partial charge in [0.05, 0.1) is 5.39 Å². The second kappa shape index (κ2) is 6.65. The van der Waals surface area contributed by atoms with Crippen LogP contribution in [0.4, 0.5) is 11.5 Å². The lowest BCUT2D eigenvalue weighted by Crippen LogP contribution is -2.02. The van der Waals surface area contributed by atoms with Gasteiger partial charge in [0, 0.05) is 16.2 Å². The molecule has 1 N–H and O–H groups in total. The van der Waals surface area contributed by atoms with Gasteiger partial charge in [-0.3, -0.25) is 0 Å². The smallest absolute Gasteiger partial charge is 0.349 e. The molecule has 3 aromatic heterocycles. The van der Waals surface area contributed by atoms with Crippen LogP contribution >= 0.6 is 15.9 Å². The predicted molar refractivity (Wildman–Crippen MR) is 113 cm³/mol. The SMILES string of the molecule is O=c1oc2ccccc2c2oc(-c3ccccc3)c(Nc3ccc(Br)cn3)c12. The van der Waals surface area contributed by atoms with Gasteiger partial charge in [0.1, 0.15) is 22.5 Å². The van der Waals surface area contributed by atoms with Crippen molar-refractivity contribution in [3.8, 4) is 11.3 Å². The molecule has 3 heterocycles. The Bertz CT molecular complexity index is 1360. The molecule has 0 saturated heterocycles. The highest BCUT2D eigenvalue weighted by Gasteiger charge is 2.22. The average Bonchev–Trinajstić information content (AvgIpc) is 3.11. The van der Waals surface area contributed by atoms with Crippen molar-refractivity contribution in [3.05, 3.63) is 87.8 Å². The largest absolute Gasteiger partial charge is 0.453 e. The van der Waals surface area contributed by atoms with Crippen LogP contribution in [0.5, 0.6) is 0 Å². The lowest BCUT2D eigenvalue weighted by molar-refractivity contribution is 0.565. The molecule has 5 rings (SSSR count). The molecule has 28 heavy (non-hydrogen) atoms. The van der Waals surface area contributed by atoms with Gasteiger partial charge in [0.2, 0.25) is 0 Å². The summed E-state index contributed by atoms with van der Waals surface area (Å²) in [6.45, 7) is 0. The molecule has 136 valence electrons. The van der Waals surface area contributed by atoms with Crippen molar-refractivity contribution < 1.29 is 8.83 Å². The Morgan fingerprint density at radius 2 is 1.68 bits per heavy atom. The third kappa shape index (κ3) is 2.78. The number of rotatable bonds is 3. The molecule has 2 aromatic carbocycles. The number of hydrogen-bond donors (Lipinski definition) is 1. The molecule has 5 aromatic rings. The number of aromatic nitrogens is 1. The number of anilines is 2. The minimum absolute atomic E-state index is 0.363. The fourth-order valence-corrected chi connectivity index (χ4v) is 3.43. The molecule has 5 nitrogen and oxygen atoms in total. The van der Waals surface area contributed by atoms with Gasteiger partial charge in [0.15, 0.2) is 11.3 Å². The molecule has 0 spiro atoms. The van der Waals surface area contributed by atoms with Gasteiger partial charge < -0.3 is 14.2 Å². The van der Waals surface area contributed by atoms with E-state index in [1.807, 2.05) is 60.7 Å². The third-order valence-electron chi connectivity index (χ3n) is 4.46. The summed E-state index contributed by atoms with van der Waals surface area (Å²) in [5, 5.41) is 4.35. The zero-order valence-corrected chi connectivity index (χ0v) is 16.1. The Hall–Kier alpha value is -3.38. The number of halogens is 1. The number of furan rings is 1. The fourth-order valence-electron chi connectivity index (χ4n) is 3.20. The number of fused-ring (bicyclic) bond motifs is 3. The summed E-state index contributed by atoms with van der Waals surface area (Å²) in [4.78, 5) is 17.2. The highest BCUT2D eigenvalue weighted by atomic mass is 79.9. The molecule has 0 aliphatic heterocycles. The quantitative estimate of drug-likeness (QED) is 0.348. The highest BCUT2D eigenvalue weighted by molar-refractivity contribution is 9.10. The molecule has 0 fully saturated rings. The summed E-state index contributed by atoms with van der Waals surface area (Å²) in [5.41, 5.74) is 1.91. The maximum atomic E-state index is 12.8. The van der Waals surface area contributed by atoms with Crippen molar-refractivity contribution >= 4 is 49.4 Å². The van der Waals surface area contributed by atoms with Crippen LogP contribution in [-0.2, 0) is 0 Å². The van der Waals surface area contributed by atoms with Crippen molar-refractivity contribution in [2.24, 2.45) is 0 Å². The van der Waals surface area contributed by atoms with Crippen LogP contribution in [0, 0.1) is 0 Å². The number of nitrogens with one attached hydrogen (secondary N) is 1. The van der Waals surface area contributed by atoms with Gasteiger partial charge in [-0.05, 0) is 40.2 Å². The van der Waals surface area contributed by atoms with Crippen LogP contribution in [0.1, 0.15) is 0 Å². The molecule has 0 unspecified atom stereocenters. The van der Waals surface area contributed by atoms with Gasteiger partial charge in [0.25, 0.3) is 0 Å². The van der Waals surface area contributed by atoms with Crippen LogP contribution in [0.3, 0.4) is 0 Å². The first-order chi connectivity index (χ1) is 13.7. The maximum absolute atomic E-state index is 12.8. The molecule has 0 aliphatic carbocycles. The molecule has 6 heteroatoms. The van der Waals surface area contributed by atoms with Crippen LogP contribution < -0.4 is 10.9 Å². The normalized spacial score (nSPS) is 11.2. The first kappa shape index (κ1) is 16.8. The zero-order chi connectivity index (χ0) is 19.1. The van der Waals surface area contributed by atoms with Crippen molar-refractivity contribution in [2.45, 2.75) is 0 Å². The van der Waals surface area contributed by atoms with Crippen molar-refractivity contribution in [2.75, 3.05) is 5.32 Å². The van der Waals surface area contributed by atoms with Crippen molar-refractivity contribution in [1.82, 2.24) is 4.98 Å². The van der Waals surface area contributed by atoms with Crippen molar-refractivity contribution in [1.29, 1.82) is 0 Å².